The first-order chi connectivity index (χ1) is 13.0. The average molecular weight is 360 g/mol. The van der Waals surface area contributed by atoms with Crippen molar-refractivity contribution in [1.82, 2.24) is 4.57 Å². The van der Waals surface area contributed by atoms with Crippen LogP contribution in [-0.4, -0.2) is 15.3 Å². The Kier molecular flexibility index (Phi) is 5.31. The third kappa shape index (κ3) is 4.20. The van der Waals surface area contributed by atoms with Crippen molar-refractivity contribution in [3.8, 4) is 5.69 Å². The molecule has 2 aromatic carbocycles. The lowest BCUT2D eigenvalue weighted by Gasteiger charge is -2.07. The van der Waals surface area contributed by atoms with Gasteiger partial charge in [0.1, 0.15) is 0 Å². The number of nitro groups is 1. The molecule has 3 rings (SSSR count). The minimum atomic E-state index is -0.424. The molecule has 0 fully saturated rings. The van der Waals surface area contributed by atoms with Crippen molar-refractivity contribution in [3.05, 3.63) is 99.9 Å². The maximum Gasteiger partial charge on any atom is 0.271 e. The van der Waals surface area contributed by atoms with Crippen molar-refractivity contribution in [2.75, 3.05) is 0 Å². The fraction of sp³-hybridized carbons (Fsp3) is 0.136. The van der Waals surface area contributed by atoms with Gasteiger partial charge in [-0.15, -0.1) is 0 Å². The Morgan fingerprint density at radius 1 is 1.07 bits per heavy atom. The Hall–Kier alpha value is -3.47. The number of carbonyl (C=O) groups excluding carboxylic acids is 1. The number of hydrogen-bond acceptors (Lipinski definition) is 3. The molecular weight excluding hydrogens is 340 g/mol. The van der Waals surface area contributed by atoms with E-state index in [0.717, 1.165) is 5.69 Å². The van der Waals surface area contributed by atoms with Gasteiger partial charge in [0.15, 0.2) is 5.78 Å². The Bertz CT molecular complexity index is 998. The van der Waals surface area contributed by atoms with Crippen LogP contribution in [0.3, 0.4) is 0 Å². The number of ketones is 1. The highest BCUT2D eigenvalue weighted by atomic mass is 16.6. The van der Waals surface area contributed by atoms with Crippen molar-refractivity contribution < 1.29 is 9.72 Å². The van der Waals surface area contributed by atoms with E-state index in [0.29, 0.717) is 17.2 Å². The molecule has 0 bridgehead atoms. The minimum Gasteiger partial charge on any atom is -0.317 e. The molecule has 136 valence electrons. The number of non-ortho nitro benzene ring substituents is 1. The average Bonchev–Trinajstić information content (AvgIpc) is 3.15. The lowest BCUT2D eigenvalue weighted by Crippen LogP contribution is -1.98. The number of benzene rings is 2. The molecule has 27 heavy (non-hydrogen) atoms. The third-order valence-electron chi connectivity index (χ3n) is 4.37. The highest BCUT2D eigenvalue weighted by Crippen LogP contribution is 2.20. The van der Waals surface area contributed by atoms with Crippen LogP contribution in [0.2, 0.25) is 0 Å². The third-order valence-corrected chi connectivity index (χ3v) is 4.37. The van der Waals surface area contributed by atoms with Gasteiger partial charge in [-0.1, -0.05) is 44.2 Å². The molecule has 0 saturated heterocycles. The van der Waals surface area contributed by atoms with Crippen molar-refractivity contribution in [1.29, 1.82) is 0 Å². The van der Waals surface area contributed by atoms with Gasteiger partial charge in [-0.3, -0.25) is 14.9 Å². The van der Waals surface area contributed by atoms with E-state index in [2.05, 4.69) is 13.8 Å². The topological polar surface area (TPSA) is 65.1 Å². The van der Waals surface area contributed by atoms with E-state index >= 15 is 0 Å². The normalized spacial score (nSPS) is 11.2. The molecule has 0 N–H and O–H groups in total. The van der Waals surface area contributed by atoms with Gasteiger partial charge in [0.2, 0.25) is 0 Å². The summed E-state index contributed by atoms with van der Waals surface area (Å²) in [4.78, 5) is 23.0. The monoisotopic (exact) mass is 360 g/mol. The number of rotatable bonds is 6. The van der Waals surface area contributed by atoms with Crippen LogP contribution in [0.15, 0.2) is 72.9 Å². The summed E-state index contributed by atoms with van der Waals surface area (Å²) >= 11 is 0. The zero-order valence-corrected chi connectivity index (χ0v) is 15.2. The van der Waals surface area contributed by atoms with Crippen LogP contribution >= 0.6 is 0 Å². The molecule has 0 saturated carbocycles. The minimum absolute atomic E-state index is 0.0254. The molecule has 0 radical (unpaired) electrons. The van der Waals surface area contributed by atoms with Crippen LogP contribution in [0.25, 0.3) is 11.8 Å². The molecule has 0 unspecified atom stereocenters. The molecule has 0 amide bonds. The summed E-state index contributed by atoms with van der Waals surface area (Å²) in [5, 5.41) is 11.0. The van der Waals surface area contributed by atoms with Gasteiger partial charge in [-0.2, -0.15) is 0 Å². The van der Waals surface area contributed by atoms with Gasteiger partial charge in [-0.25, -0.2) is 0 Å². The molecule has 0 atom stereocenters. The smallest absolute Gasteiger partial charge is 0.271 e. The second-order valence-corrected chi connectivity index (χ2v) is 6.55. The summed E-state index contributed by atoms with van der Waals surface area (Å²) in [7, 11) is 0. The highest BCUT2D eigenvalue weighted by molar-refractivity contribution is 6.06. The van der Waals surface area contributed by atoms with Crippen molar-refractivity contribution in [2.24, 2.45) is 0 Å². The fourth-order valence-corrected chi connectivity index (χ4v) is 2.81. The number of allylic oxidation sites excluding steroid dienone is 1. The van der Waals surface area contributed by atoms with Crippen LogP contribution in [-0.2, 0) is 0 Å². The van der Waals surface area contributed by atoms with Crippen LogP contribution in [0.1, 0.15) is 41.4 Å². The zero-order chi connectivity index (χ0) is 19.4. The SMILES string of the molecule is CC(C)c1ccc(C(=O)/C=C/c2cccn2-c2cccc([N+](=O)[O-])c2)cc1. The molecule has 5 nitrogen and oxygen atoms in total. The van der Waals surface area contributed by atoms with E-state index < -0.39 is 4.92 Å². The lowest BCUT2D eigenvalue weighted by atomic mass is 10.0. The summed E-state index contributed by atoms with van der Waals surface area (Å²) < 4.78 is 1.80. The van der Waals surface area contributed by atoms with Gasteiger partial charge in [0.25, 0.3) is 5.69 Å². The number of nitro benzene ring substituents is 1. The van der Waals surface area contributed by atoms with E-state index in [9.17, 15) is 14.9 Å². The van der Waals surface area contributed by atoms with E-state index in [1.807, 2.05) is 36.4 Å². The standard InChI is InChI=1S/C22H20N2O3/c1-16(2)17-8-10-18(11-9-17)22(25)13-12-19-7-4-14-23(19)20-5-3-6-21(15-20)24(26)27/h3-16H,1-2H3/b13-12+. The predicted molar refractivity (Wildman–Crippen MR) is 106 cm³/mol. The fourth-order valence-electron chi connectivity index (χ4n) is 2.81. The predicted octanol–water partition coefficient (Wildman–Crippen LogP) is 5.41. The summed E-state index contributed by atoms with van der Waals surface area (Å²) in [6, 6.07) is 17.7. The van der Waals surface area contributed by atoms with E-state index in [1.54, 1.807) is 29.0 Å². The Morgan fingerprint density at radius 3 is 2.48 bits per heavy atom. The van der Waals surface area contributed by atoms with Crippen LogP contribution in [0, 0.1) is 10.1 Å². The molecule has 5 heteroatoms. The first-order valence-corrected chi connectivity index (χ1v) is 8.70. The summed E-state index contributed by atoms with van der Waals surface area (Å²) in [6.07, 6.45) is 5.05. The number of hydrogen-bond donors (Lipinski definition) is 0. The maximum absolute atomic E-state index is 12.4. The molecule has 0 spiro atoms. The highest BCUT2D eigenvalue weighted by Gasteiger charge is 2.09. The Labute approximate surface area is 157 Å². The number of carbonyl (C=O) groups is 1. The number of aromatic nitrogens is 1. The molecule has 1 heterocycles. The van der Waals surface area contributed by atoms with Crippen molar-refractivity contribution >= 4 is 17.5 Å². The largest absolute Gasteiger partial charge is 0.317 e. The quantitative estimate of drug-likeness (QED) is 0.256. The van der Waals surface area contributed by atoms with Crippen LogP contribution < -0.4 is 0 Å². The first-order valence-electron chi connectivity index (χ1n) is 8.70. The van der Waals surface area contributed by atoms with Gasteiger partial charge in [-0.05, 0) is 41.8 Å². The molecule has 1 aromatic heterocycles. The zero-order valence-electron chi connectivity index (χ0n) is 15.2. The summed E-state index contributed by atoms with van der Waals surface area (Å²) in [5.74, 6) is 0.333. The lowest BCUT2D eigenvalue weighted by molar-refractivity contribution is -0.384. The van der Waals surface area contributed by atoms with Crippen LogP contribution in [0.4, 0.5) is 5.69 Å². The maximum atomic E-state index is 12.4. The summed E-state index contributed by atoms with van der Waals surface area (Å²) in [6.45, 7) is 4.22. The summed E-state index contributed by atoms with van der Waals surface area (Å²) in [5.41, 5.74) is 3.28. The molecule has 3 aromatic rings. The van der Waals surface area contributed by atoms with Gasteiger partial charge < -0.3 is 4.57 Å². The molecule has 0 aliphatic carbocycles. The van der Waals surface area contributed by atoms with E-state index in [1.165, 1.54) is 23.8 Å². The van der Waals surface area contributed by atoms with Gasteiger partial charge in [0.05, 0.1) is 10.6 Å². The molecular formula is C22H20N2O3. The van der Waals surface area contributed by atoms with Crippen LogP contribution in [0.5, 0.6) is 0 Å². The van der Waals surface area contributed by atoms with Crippen molar-refractivity contribution in [3.63, 3.8) is 0 Å². The Morgan fingerprint density at radius 2 is 1.81 bits per heavy atom. The Balaban J connectivity index is 1.83. The van der Waals surface area contributed by atoms with E-state index in [-0.39, 0.29) is 11.5 Å². The van der Waals surface area contributed by atoms with Gasteiger partial charge >= 0.3 is 0 Å². The molecule has 0 aliphatic rings. The second kappa shape index (κ2) is 7.83. The molecule has 0 aliphatic heterocycles. The van der Waals surface area contributed by atoms with Crippen molar-refractivity contribution in [2.45, 2.75) is 19.8 Å². The second-order valence-electron chi connectivity index (χ2n) is 6.55. The first kappa shape index (κ1) is 18.3. The van der Waals surface area contributed by atoms with Gasteiger partial charge in [0, 0.05) is 29.6 Å². The van der Waals surface area contributed by atoms with E-state index in [4.69, 9.17) is 0 Å². The number of nitrogens with zero attached hydrogens (tertiary/aromatic N) is 2.